The molecule has 0 bridgehead atoms. The highest BCUT2D eigenvalue weighted by Crippen LogP contribution is 2.25. The summed E-state index contributed by atoms with van der Waals surface area (Å²) in [5, 5.41) is 20.7. The van der Waals surface area contributed by atoms with E-state index in [0.717, 1.165) is 31.2 Å². The summed E-state index contributed by atoms with van der Waals surface area (Å²) in [5.41, 5.74) is 2.30. The van der Waals surface area contributed by atoms with Gasteiger partial charge in [0.05, 0.1) is 37.6 Å². The summed E-state index contributed by atoms with van der Waals surface area (Å²) in [6.07, 6.45) is 4.57. The van der Waals surface area contributed by atoms with Crippen molar-refractivity contribution in [2.75, 3.05) is 13.2 Å². The molecule has 0 spiro atoms. The van der Waals surface area contributed by atoms with Crippen molar-refractivity contribution in [3.8, 4) is 0 Å². The molecule has 0 saturated carbocycles. The van der Waals surface area contributed by atoms with Crippen molar-refractivity contribution in [1.82, 2.24) is 0 Å². The molecule has 0 amide bonds. The van der Waals surface area contributed by atoms with Gasteiger partial charge < -0.3 is 24.4 Å². The molecule has 2 aromatic carbocycles. The van der Waals surface area contributed by atoms with Gasteiger partial charge in [0.2, 0.25) is 0 Å². The fraction of sp³-hybridized carbons (Fsp3) is 0.556. The predicted octanol–water partition coefficient (Wildman–Crippen LogP) is 4.64. The van der Waals surface area contributed by atoms with E-state index in [0.29, 0.717) is 45.7 Å². The Balaban J connectivity index is 1.25. The number of hydrogen-bond donors (Lipinski definition) is 2. The standard InChI is InChI=1S/C27H38O5/c28-24(14-16-30-20-22-8-3-1-4-9-22)18-25(29)19-27-13-7-12-26(32-27)15-17-31-21-23-10-5-2-6-11-23/h1-6,8-11,24-29H,7,12-21H2/t24-,25+,26-,27+/m1/s1. The van der Waals surface area contributed by atoms with E-state index in [4.69, 9.17) is 14.2 Å². The second kappa shape index (κ2) is 14.4. The first-order chi connectivity index (χ1) is 15.7. The fourth-order valence-corrected chi connectivity index (χ4v) is 4.16. The Morgan fingerprint density at radius 1 is 0.781 bits per heavy atom. The fourth-order valence-electron chi connectivity index (χ4n) is 4.16. The van der Waals surface area contributed by atoms with E-state index in [-0.39, 0.29) is 12.2 Å². The molecular weight excluding hydrogens is 404 g/mol. The third-order valence-corrected chi connectivity index (χ3v) is 5.92. The first-order valence-corrected chi connectivity index (χ1v) is 11.9. The molecule has 0 radical (unpaired) electrons. The Hall–Kier alpha value is -1.76. The highest BCUT2D eigenvalue weighted by molar-refractivity contribution is 5.14. The molecule has 2 N–H and O–H groups in total. The van der Waals surface area contributed by atoms with Crippen LogP contribution in [0.5, 0.6) is 0 Å². The number of benzene rings is 2. The minimum atomic E-state index is -0.563. The quantitative estimate of drug-likeness (QED) is 0.417. The molecule has 1 saturated heterocycles. The summed E-state index contributed by atoms with van der Waals surface area (Å²) < 4.78 is 17.6. The summed E-state index contributed by atoms with van der Waals surface area (Å²) in [6, 6.07) is 20.2. The molecule has 3 rings (SSSR count). The van der Waals surface area contributed by atoms with Crippen LogP contribution in [0.25, 0.3) is 0 Å². The Labute approximate surface area is 192 Å². The molecule has 5 heteroatoms. The Kier molecular flexibility index (Phi) is 11.2. The van der Waals surface area contributed by atoms with Crippen LogP contribution in [0, 0.1) is 0 Å². The summed E-state index contributed by atoms with van der Waals surface area (Å²) in [5.74, 6) is 0. The van der Waals surface area contributed by atoms with Crippen LogP contribution in [0.15, 0.2) is 60.7 Å². The van der Waals surface area contributed by atoms with Gasteiger partial charge in [0.25, 0.3) is 0 Å². The lowest BCUT2D eigenvalue weighted by molar-refractivity contribution is -0.0833. The molecule has 0 unspecified atom stereocenters. The van der Waals surface area contributed by atoms with Gasteiger partial charge in [-0.05, 0) is 56.1 Å². The first-order valence-electron chi connectivity index (χ1n) is 11.9. The van der Waals surface area contributed by atoms with Crippen LogP contribution in [0.3, 0.4) is 0 Å². The summed E-state index contributed by atoms with van der Waals surface area (Å²) in [6.45, 7) is 2.33. The summed E-state index contributed by atoms with van der Waals surface area (Å²) >= 11 is 0. The van der Waals surface area contributed by atoms with Crippen LogP contribution in [0.1, 0.15) is 56.1 Å². The van der Waals surface area contributed by atoms with Gasteiger partial charge in [-0.1, -0.05) is 60.7 Å². The lowest BCUT2D eigenvalue weighted by atomic mass is 9.96. The van der Waals surface area contributed by atoms with Gasteiger partial charge in [-0.3, -0.25) is 0 Å². The zero-order valence-corrected chi connectivity index (χ0v) is 19.0. The Morgan fingerprint density at radius 2 is 1.38 bits per heavy atom. The molecule has 1 fully saturated rings. The second-order valence-electron chi connectivity index (χ2n) is 8.74. The third kappa shape index (κ3) is 9.80. The zero-order valence-electron chi connectivity index (χ0n) is 19.0. The van der Waals surface area contributed by atoms with E-state index in [2.05, 4.69) is 12.1 Å². The average Bonchev–Trinajstić information content (AvgIpc) is 2.81. The lowest BCUT2D eigenvalue weighted by Gasteiger charge is -2.31. The molecule has 1 aliphatic heterocycles. The van der Waals surface area contributed by atoms with Crippen LogP contribution < -0.4 is 0 Å². The first kappa shape index (κ1) is 24.9. The van der Waals surface area contributed by atoms with Crippen LogP contribution in [-0.4, -0.2) is 47.8 Å². The maximum absolute atomic E-state index is 10.4. The van der Waals surface area contributed by atoms with Crippen LogP contribution >= 0.6 is 0 Å². The van der Waals surface area contributed by atoms with Gasteiger partial charge in [0.15, 0.2) is 0 Å². The van der Waals surface area contributed by atoms with Crippen molar-refractivity contribution < 1.29 is 24.4 Å². The number of rotatable bonds is 14. The van der Waals surface area contributed by atoms with Crippen LogP contribution in [-0.2, 0) is 27.4 Å². The number of aliphatic hydroxyl groups excluding tert-OH is 2. The van der Waals surface area contributed by atoms with Gasteiger partial charge in [0, 0.05) is 13.2 Å². The van der Waals surface area contributed by atoms with Crippen molar-refractivity contribution in [3.63, 3.8) is 0 Å². The average molecular weight is 443 g/mol. The van der Waals surface area contributed by atoms with Crippen molar-refractivity contribution in [3.05, 3.63) is 71.8 Å². The molecule has 1 aliphatic rings. The maximum Gasteiger partial charge on any atom is 0.0716 e. The van der Waals surface area contributed by atoms with Gasteiger partial charge in [-0.25, -0.2) is 0 Å². The molecule has 176 valence electrons. The third-order valence-electron chi connectivity index (χ3n) is 5.92. The smallest absolute Gasteiger partial charge is 0.0716 e. The molecule has 1 heterocycles. The molecule has 0 aromatic heterocycles. The zero-order chi connectivity index (χ0) is 22.4. The maximum atomic E-state index is 10.4. The SMILES string of the molecule is O[C@H](CCOCc1ccccc1)C[C@H](O)C[C@@H]1CCC[C@H](CCOCc2ccccc2)O1. The summed E-state index contributed by atoms with van der Waals surface area (Å²) in [4.78, 5) is 0. The van der Waals surface area contributed by atoms with E-state index in [1.165, 1.54) is 5.56 Å². The van der Waals surface area contributed by atoms with E-state index in [9.17, 15) is 10.2 Å². The van der Waals surface area contributed by atoms with E-state index >= 15 is 0 Å². The molecule has 32 heavy (non-hydrogen) atoms. The highest BCUT2D eigenvalue weighted by Gasteiger charge is 2.25. The molecule has 4 atom stereocenters. The molecule has 2 aromatic rings. The molecule has 5 nitrogen and oxygen atoms in total. The number of hydrogen-bond acceptors (Lipinski definition) is 5. The highest BCUT2D eigenvalue weighted by atomic mass is 16.5. The van der Waals surface area contributed by atoms with Crippen molar-refractivity contribution in [1.29, 1.82) is 0 Å². The predicted molar refractivity (Wildman–Crippen MR) is 125 cm³/mol. The lowest BCUT2D eigenvalue weighted by Crippen LogP contribution is -2.32. The molecular formula is C27H38O5. The monoisotopic (exact) mass is 442 g/mol. The van der Waals surface area contributed by atoms with Crippen LogP contribution in [0.4, 0.5) is 0 Å². The van der Waals surface area contributed by atoms with Crippen molar-refractivity contribution in [2.24, 2.45) is 0 Å². The van der Waals surface area contributed by atoms with Crippen molar-refractivity contribution >= 4 is 0 Å². The van der Waals surface area contributed by atoms with Gasteiger partial charge in [-0.15, -0.1) is 0 Å². The van der Waals surface area contributed by atoms with E-state index in [1.54, 1.807) is 0 Å². The largest absolute Gasteiger partial charge is 0.393 e. The van der Waals surface area contributed by atoms with E-state index in [1.807, 2.05) is 48.5 Å². The van der Waals surface area contributed by atoms with Gasteiger partial charge in [-0.2, -0.15) is 0 Å². The van der Waals surface area contributed by atoms with Gasteiger partial charge >= 0.3 is 0 Å². The van der Waals surface area contributed by atoms with Crippen LogP contribution in [0.2, 0.25) is 0 Å². The Bertz CT molecular complexity index is 723. The molecule has 0 aliphatic carbocycles. The number of ether oxygens (including phenoxy) is 3. The summed E-state index contributed by atoms with van der Waals surface area (Å²) in [7, 11) is 0. The Morgan fingerprint density at radius 3 is 2.03 bits per heavy atom. The normalized spacial score (nSPS) is 20.7. The van der Waals surface area contributed by atoms with Crippen molar-refractivity contribution in [2.45, 2.75) is 82.6 Å². The van der Waals surface area contributed by atoms with E-state index < -0.39 is 12.2 Å². The minimum absolute atomic E-state index is 0.0550. The van der Waals surface area contributed by atoms with Gasteiger partial charge in [0.1, 0.15) is 0 Å². The minimum Gasteiger partial charge on any atom is -0.393 e. The topological polar surface area (TPSA) is 68.2 Å². The number of aliphatic hydroxyl groups is 2. The second-order valence-corrected chi connectivity index (χ2v) is 8.74.